The number of hydrogen-bond donors (Lipinski definition) is 1. The molecular weight excluding hydrogens is 378 g/mol. The maximum atomic E-state index is 12.5. The molecule has 0 spiro atoms. The number of nitrogens with zero attached hydrogens (tertiary/aromatic N) is 1. The Kier molecular flexibility index (Phi) is 4.88. The number of carboxylic acids is 1. The lowest BCUT2D eigenvalue weighted by Crippen LogP contribution is -2.40. The van der Waals surface area contributed by atoms with Gasteiger partial charge in [0.25, 0.3) is 16.0 Å². The molecule has 0 aromatic heterocycles. The van der Waals surface area contributed by atoms with Crippen LogP contribution in [0.25, 0.3) is 0 Å². The molecule has 1 amide bonds. The number of carbonyl (C=O) groups excluding carboxylic acids is 1. The highest BCUT2D eigenvalue weighted by Gasteiger charge is 2.42. The Morgan fingerprint density at radius 3 is 2.55 bits per heavy atom. The monoisotopic (exact) mass is 391 g/mol. The van der Waals surface area contributed by atoms with Crippen molar-refractivity contribution in [2.45, 2.75) is 18.6 Å². The molecule has 1 aromatic rings. The predicted molar refractivity (Wildman–Crippen MR) is 80.9 cm³/mol. The van der Waals surface area contributed by atoms with Crippen LogP contribution in [0.4, 0.5) is 0 Å². The van der Waals surface area contributed by atoms with E-state index in [9.17, 15) is 23.1 Å². The Morgan fingerprint density at radius 2 is 2.00 bits per heavy atom. The first-order chi connectivity index (χ1) is 10.2. The number of amides is 1. The fourth-order valence-corrected chi connectivity index (χ4v) is 3.45. The van der Waals surface area contributed by atoms with Gasteiger partial charge in [-0.15, -0.1) is 0 Å². The summed E-state index contributed by atoms with van der Waals surface area (Å²) in [6.07, 6.45) is -0.0397. The summed E-state index contributed by atoms with van der Waals surface area (Å²) in [7, 11) is -3.72. The summed E-state index contributed by atoms with van der Waals surface area (Å²) in [5.41, 5.74) is 0.314. The average Bonchev–Trinajstić information content (AvgIpc) is 2.80. The number of carboxylic acid groups (broad SMARTS) is 1. The molecule has 1 heterocycles. The number of rotatable bonds is 4. The van der Waals surface area contributed by atoms with E-state index >= 15 is 0 Å². The third-order valence-electron chi connectivity index (χ3n) is 3.22. The van der Waals surface area contributed by atoms with Crippen molar-refractivity contribution in [1.82, 2.24) is 4.90 Å². The lowest BCUT2D eigenvalue weighted by atomic mass is 10.1. The molecule has 7 nitrogen and oxygen atoms in total. The molecule has 0 aliphatic carbocycles. The summed E-state index contributed by atoms with van der Waals surface area (Å²) < 4.78 is 27.7. The minimum atomic E-state index is -3.72. The molecule has 1 fully saturated rings. The second kappa shape index (κ2) is 6.35. The Balaban J connectivity index is 2.26. The van der Waals surface area contributed by atoms with E-state index in [1.54, 1.807) is 24.3 Å². The minimum absolute atomic E-state index is 0.0708. The highest BCUT2D eigenvalue weighted by molar-refractivity contribution is 9.10. The van der Waals surface area contributed by atoms with Crippen LogP contribution in [0.3, 0.4) is 0 Å². The maximum absolute atomic E-state index is 12.5. The van der Waals surface area contributed by atoms with Gasteiger partial charge in [0.05, 0.1) is 17.9 Å². The topological polar surface area (TPSA) is 101 Å². The van der Waals surface area contributed by atoms with Gasteiger partial charge in [-0.1, -0.05) is 12.1 Å². The maximum Gasteiger partial charge on any atom is 0.326 e. The van der Waals surface area contributed by atoms with Crippen LogP contribution >= 0.6 is 15.9 Å². The first-order valence-electron chi connectivity index (χ1n) is 6.35. The van der Waals surface area contributed by atoms with Gasteiger partial charge in [-0.05, 0) is 28.1 Å². The number of aliphatic carboxylic acids is 1. The van der Waals surface area contributed by atoms with Crippen molar-refractivity contribution in [3.63, 3.8) is 0 Å². The molecule has 1 saturated heterocycles. The normalized spacial score (nSPS) is 21.8. The molecule has 0 saturated carbocycles. The summed E-state index contributed by atoms with van der Waals surface area (Å²) in [4.78, 5) is 25.0. The largest absolute Gasteiger partial charge is 0.480 e. The second-order valence-corrected chi connectivity index (χ2v) is 7.40. The van der Waals surface area contributed by atoms with Crippen molar-refractivity contribution in [2.24, 2.45) is 0 Å². The zero-order valence-corrected chi connectivity index (χ0v) is 14.0. The van der Waals surface area contributed by atoms with Gasteiger partial charge in [-0.25, -0.2) is 4.79 Å². The van der Waals surface area contributed by atoms with Crippen LogP contribution in [0.15, 0.2) is 28.7 Å². The number of halogens is 1. The molecule has 2 rings (SSSR count). The van der Waals surface area contributed by atoms with Crippen molar-refractivity contribution in [3.05, 3.63) is 34.3 Å². The molecule has 120 valence electrons. The van der Waals surface area contributed by atoms with Gasteiger partial charge in [-0.2, -0.15) is 8.42 Å². The van der Waals surface area contributed by atoms with E-state index in [4.69, 9.17) is 4.18 Å². The molecule has 9 heteroatoms. The Morgan fingerprint density at radius 1 is 1.36 bits per heavy atom. The quantitative estimate of drug-likeness (QED) is 0.770. The number of hydrogen-bond acceptors (Lipinski definition) is 5. The van der Waals surface area contributed by atoms with Crippen LogP contribution in [0.1, 0.15) is 16.8 Å². The fourth-order valence-electron chi connectivity index (χ4n) is 2.36. The van der Waals surface area contributed by atoms with E-state index in [-0.39, 0.29) is 13.0 Å². The number of likely N-dealkylation sites (tertiary alicyclic amines) is 1. The fraction of sp³-hybridized carbons (Fsp3) is 0.385. The Bertz CT molecular complexity index is 704. The third-order valence-corrected chi connectivity index (χ3v) is 4.54. The van der Waals surface area contributed by atoms with Crippen molar-refractivity contribution < 1.29 is 27.3 Å². The summed E-state index contributed by atoms with van der Waals surface area (Å²) in [6, 6.07) is 5.51. The van der Waals surface area contributed by atoms with Gasteiger partial charge in [0.2, 0.25) is 0 Å². The molecule has 1 aliphatic heterocycles. The molecule has 2 atom stereocenters. The van der Waals surface area contributed by atoms with Crippen LogP contribution in [0, 0.1) is 0 Å². The zero-order chi connectivity index (χ0) is 16.5. The molecule has 0 unspecified atom stereocenters. The van der Waals surface area contributed by atoms with Gasteiger partial charge < -0.3 is 10.0 Å². The molecule has 22 heavy (non-hydrogen) atoms. The van der Waals surface area contributed by atoms with E-state index in [1.807, 2.05) is 0 Å². The van der Waals surface area contributed by atoms with E-state index in [2.05, 4.69) is 15.9 Å². The summed E-state index contributed by atoms with van der Waals surface area (Å²) in [5, 5.41) is 9.25. The Labute approximate surface area is 136 Å². The van der Waals surface area contributed by atoms with Gasteiger partial charge in [0, 0.05) is 17.4 Å². The molecule has 1 aromatic carbocycles. The van der Waals surface area contributed by atoms with Crippen molar-refractivity contribution in [3.8, 4) is 0 Å². The lowest BCUT2D eigenvalue weighted by molar-refractivity contribution is -0.141. The second-order valence-electron chi connectivity index (χ2n) is 4.95. The predicted octanol–water partition coefficient (Wildman–Crippen LogP) is 1.09. The van der Waals surface area contributed by atoms with Gasteiger partial charge >= 0.3 is 5.97 Å². The van der Waals surface area contributed by atoms with Crippen LogP contribution in [0.5, 0.6) is 0 Å². The van der Waals surface area contributed by atoms with Crippen LogP contribution in [-0.4, -0.2) is 55.2 Å². The van der Waals surface area contributed by atoms with Crippen molar-refractivity contribution in [1.29, 1.82) is 0 Å². The summed E-state index contributed by atoms with van der Waals surface area (Å²) >= 11 is 3.24. The van der Waals surface area contributed by atoms with Crippen molar-refractivity contribution >= 4 is 37.9 Å². The molecular formula is C13H14BrNO6S. The highest BCUT2D eigenvalue weighted by atomic mass is 79.9. The SMILES string of the molecule is CS(=O)(=O)O[C@@H]1C[C@@H](C(=O)O)N(C(=O)c2ccccc2Br)C1. The van der Waals surface area contributed by atoms with Gasteiger partial charge in [0.1, 0.15) is 6.04 Å². The Hall–Kier alpha value is -1.45. The van der Waals surface area contributed by atoms with Crippen molar-refractivity contribution in [2.75, 3.05) is 12.8 Å². The molecule has 0 bridgehead atoms. The molecule has 0 radical (unpaired) electrons. The van der Waals surface area contributed by atoms with Crippen LogP contribution in [0.2, 0.25) is 0 Å². The summed E-state index contributed by atoms with van der Waals surface area (Å²) in [6.45, 7) is -0.0931. The zero-order valence-electron chi connectivity index (χ0n) is 11.6. The van der Waals surface area contributed by atoms with Gasteiger partial charge in [-0.3, -0.25) is 8.98 Å². The van der Waals surface area contributed by atoms with Gasteiger partial charge in [0.15, 0.2) is 0 Å². The first-order valence-corrected chi connectivity index (χ1v) is 8.96. The van der Waals surface area contributed by atoms with Crippen LogP contribution in [-0.2, 0) is 19.1 Å². The highest BCUT2D eigenvalue weighted by Crippen LogP contribution is 2.26. The smallest absolute Gasteiger partial charge is 0.326 e. The molecule has 1 aliphatic rings. The summed E-state index contributed by atoms with van der Waals surface area (Å²) in [5.74, 6) is -1.68. The van der Waals surface area contributed by atoms with E-state index in [1.165, 1.54) is 0 Å². The lowest BCUT2D eigenvalue weighted by Gasteiger charge is -2.21. The molecule has 1 N–H and O–H groups in total. The van der Waals surface area contributed by atoms with E-state index < -0.39 is 34.1 Å². The first kappa shape index (κ1) is 16.9. The average molecular weight is 392 g/mol. The number of carbonyl (C=O) groups is 2. The van der Waals surface area contributed by atoms with E-state index in [0.29, 0.717) is 10.0 Å². The third kappa shape index (κ3) is 3.84. The standard InChI is InChI=1S/C13H14BrNO6S/c1-22(19,20)21-8-6-11(13(17)18)15(7-8)12(16)9-4-2-3-5-10(9)14/h2-5,8,11H,6-7H2,1H3,(H,17,18)/t8-,11+/m1/s1. The van der Waals surface area contributed by atoms with E-state index in [0.717, 1.165) is 11.2 Å². The number of benzene rings is 1. The van der Waals surface area contributed by atoms with Crippen LogP contribution < -0.4 is 0 Å². The minimum Gasteiger partial charge on any atom is -0.480 e.